The van der Waals surface area contributed by atoms with Crippen LogP contribution in [0.2, 0.25) is 0 Å². The summed E-state index contributed by atoms with van der Waals surface area (Å²) < 4.78 is 5.96. The van der Waals surface area contributed by atoms with Gasteiger partial charge >= 0.3 is 0 Å². The molecule has 5 heteroatoms. The maximum absolute atomic E-state index is 5.96. The molecule has 3 heterocycles. The van der Waals surface area contributed by atoms with Crippen LogP contribution in [0.5, 0.6) is 0 Å². The SMILES string of the molecule is C(NC1CC1)c1sc(N2CC3CCC(C2)O3)nc1C1CC1. The summed E-state index contributed by atoms with van der Waals surface area (Å²) in [5.41, 5.74) is 1.40. The van der Waals surface area contributed by atoms with Crippen LogP contribution in [0.1, 0.15) is 55.0 Å². The molecule has 0 radical (unpaired) electrons. The van der Waals surface area contributed by atoms with Gasteiger partial charge in [0.15, 0.2) is 5.13 Å². The molecule has 5 rings (SSSR count). The van der Waals surface area contributed by atoms with E-state index in [0.717, 1.165) is 31.6 Å². The summed E-state index contributed by atoms with van der Waals surface area (Å²) in [5, 5.41) is 4.92. The van der Waals surface area contributed by atoms with Crippen molar-refractivity contribution in [1.82, 2.24) is 10.3 Å². The van der Waals surface area contributed by atoms with Crippen LogP contribution < -0.4 is 10.2 Å². The van der Waals surface area contributed by atoms with Gasteiger partial charge in [-0.1, -0.05) is 0 Å². The Labute approximate surface area is 129 Å². The van der Waals surface area contributed by atoms with Crippen LogP contribution in [-0.2, 0) is 11.3 Å². The summed E-state index contributed by atoms with van der Waals surface area (Å²) >= 11 is 1.93. The fraction of sp³-hybridized carbons (Fsp3) is 0.812. The second-order valence-electron chi connectivity index (χ2n) is 7.10. The lowest BCUT2D eigenvalue weighted by Gasteiger charge is -2.31. The Morgan fingerprint density at radius 3 is 2.52 bits per heavy atom. The average Bonchev–Trinajstić information content (AvgIpc) is 3.42. The summed E-state index contributed by atoms with van der Waals surface area (Å²) in [5.74, 6) is 0.753. The number of ether oxygens (including phenoxy) is 1. The normalized spacial score (nSPS) is 31.9. The first-order valence-corrected chi connectivity index (χ1v) is 9.30. The van der Waals surface area contributed by atoms with Crippen LogP contribution in [0.25, 0.3) is 0 Å². The number of thiazole rings is 1. The third-order valence-electron chi connectivity index (χ3n) is 5.12. The maximum Gasteiger partial charge on any atom is 0.186 e. The number of rotatable bonds is 5. The Morgan fingerprint density at radius 2 is 1.86 bits per heavy atom. The monoisotopic (exact) mass is 305 g/mol. The van der Waals surface area contributed by atoms with Gasteiger partial charge in [0, 0.05) is 36.5 Å². The van der Waals surface area contributed by atoms with Gasteiger partial charge in [0.25, 0.3) is 0 Å². The Balaban J connectivity index is 1.37. The van der Waals surface area contributed by atoms with Crippen molar-refractivity contribution in [3.63, 3.8) is 0 Å². The van der Waals surface area contributed by atoms with Crippen LogP contribution in [-0.4, -0.2) is 36.3 Å². The number of aromatic nitrogens is 1. The van der Waals surface area contributed by atoms with Crippen LogP contribution >= 0.6 is 11.3 Å². The number of hydrogen-bond donors (Lipinski definition) is 1. The number of nitrogens with one attached hydrogen (secondary N) is 1. The van der Waals surface area contributed by atoms with Gasteiger partial charge in [-0.2, -0.15) is 0 Å². The van der Waals surface area contributed by atoms with Crippen molar-refractivity contribution in [2.45, 2.75) is 69.2 Å². The molecular formula is C16H23N3OS. The van der Waals surface area contributed by atoms with E-state index >= 15 is 0 Å². The fourth-order valence-electron chi connectivity index (χ4n) is 3.58. The molecule has 2 saturated heterocycles. The summed E-state index contributed by atoms with van der Waals surface area (Å²) in [6, 6.07) is 0.779. The number of anilines is 1. The van der Waals surface area contributed by atoms with E-state index in [0.29, 0.717) is 12.2 Å². The van der Waals surface area contributed by atoms with E-state index in [2.05, 4.69) is 10.2 Å². The number of morpholine rings is 1. The molecule has 1 aromatic rings. The molecule has 4 aliphatic rings. The highest BCUT2D eigenvalue weighted by Crippen LogP contribution is 2.45. The van der Waals surface area contributed by atoms with E-state index in [1.54, 1.807) is 0 Å². The summed E-state index contributed by atoms with van der Waals surface area (Å²) in [7, 11) is 0. The lowest BCUT2D eigenvalue weighted by Crippen LogP contribution is -2.42. The number of nitrogens with zero attached hydrogens (tertiary/aromatic N) is 2. The third-order valence-corrected chi connectivity index (χ3v) is 6.25. The molecule has 2 bridgehead atoms. The molecule has 4 fully saturated rings. The Hall–Kier alpha value is -0.650. The predicted octanol–water partition coefficient (Wildman–Crippen LogP) is 2.64. The summed E-state index contributed by atoms with van der Waals surface area (Å²) in [4.78, 5) is 9.03. The zero-order chi connectivity index (χ0) is 13.8. The molecule has 21 heavy (non-hydrogen) atoms. The minimum absolute atomic E-state index is 0.449. The first kappa shape index (κ1) is 12.9. The quantitative estimate of drug-likeness (QED) is 0.907. The molecule has 2 aliphatic carbocycles. The smallest absolute Gasteiger partial charge is 0.186 e. The molecular weight excluding hydrogens is 282 g/mol. The van der Waals surface area contributed by atoms with E-state index in [-0.39, 0.29) is 0 Å². The zero-order valence-corrected chi connectivity index (χ0v) is 13.2. The van der Waals surface area contributed by atoms with Crippen LogP contribution in [0.4, 0.5) is 5.13 Å². The molecule has 2 saturated carbocycles. The molecule has 0 aromatic carbocycles. The van der Waals surface area contributed by atoms with Crippen molar-refractivity contribution < 1.29 is 4.74 Å². The standard InChI is InChI=1S/C16H23N3OS/c1-2-10(1)15-14(7-17-11-3-4-11)21-16(18-15)19-8-12-5-6-13(9-19)20-12/h10-13,17H,1-9H2. The molecule has 1 aromatic heterocycles. The molecule has 2 atom stereocenters. The topological polar surface area (TPSA) is 37.4 Å². The van der Waals surface area contributed by atoms with Gasteiger partial charge < -0.3 is 15.0 Å². The van der Waals surface area contributed by atoms with Gasteiger partial charge in [0.2, 0.25) is 0 Å². The van der Waals surface area contributed by atoms with Crippen molar-refractivity contribution in [2.24, 2.45) is 0 Å². The lowest BCUT2D eigenvalue weighted by atomic mass is 10.2. The molecule has 1 N–H and O–H groups in total. The van der Waals surface area contributed by atoms with E-state index in [1.165, 1.54) is 54.2 Å². The highest BCUT2D eigenvalue weighted by molar-refractivity contribution is 7.15. The van der Waals surface area contributed by atoms with E-state index in [1.807, 2.05) is 11.3 Å². The molecule has 2 aliphatic heterocycles. The van der Waals surface area contributed by atoms with Crippen molar-refractivity contribution in [3.8, 4) is 0 Å². The highest BCUT2D eigenvalue weighted by Gasteiger charge is 2.36. The summed E-state index contributed by atoms with van der Waals surface area (Å²) in [6.45, 7) is 3.12. The Morgan fingerprint density at radius 1 is 1.10 bits per heavy atom. The third kappa shape index (κ3) is 2.60. The minimum Gasteiger partial charge on any atom is -0.371 e. The molecule has 114 valence electrons. The van der Waals surface area contributed by atoms with Crippen LogP contribution in [0.3, 0.4) is 0 Å². The molecule has 2 unspecified atom stereocenters. The Bertz CT molecular complexity index is 526. The van der Waals surface area contributed by atoms with Crippen molar-refractivity contribution in [3.05, 3.63) is 10.6 Å². The largest absolute Gasteiger partial charge is 0.371 e. The van der Waals surface area contributed by atoms with Crippen LogP contribution in [0, 0.1) is 0 Å². The van der Waals surface area contributed by atoms with Crippen molar-refractivity contribution in [1.29, 1.82) is 0 Å². The molecule has 0 spiro atoms. The van der Waals surface area contributed by atoms with Gasteiger partial charge in [0.05, 0.1) is 17.9 Å². The van der Waals surface area contributed by atoms with Gasteiger partial charge in [-0.25, -0.2) is 4.98 Å². The summed E-state index contributed by atoms with van der Waals surface area (Å²) in [6.07, 6.45) is 8.77. The second kappa shape index (κ2) is 4.93. The first-order chi connectivity index (χ1) is 10.3. The fourth-order valence-corrected chi connectivity index (χ4v) is 4.70. The van der Waals surface area contributed by atoms with Gasteiger partial charge in [-0.15, -0.1) is 11.3 Å². The van der Waals surface area contributed by atoms with Crippen molar-refractivity contribution >= 4 is 16.5 Å². The zero-order valence-electron chi connectivity index (χ0n) is 12.4. The van der Waals surface area contributed by atoms with E-state index in [9.17, 15) is 0 Å². The maximum atomic E-state index is 5.96. The minimum atomic E-state index is 0.449. The van der Waals surface area contributed by atoms with E-state index in [4.69, 9.17) is 9.72 Å². The Kier molecular flexibility index (Phi) is 3.02. The van der Waals surface area contributed by atoms with Gasteiger partial charge in [-0.05, 0) is 38.5 Å². The number of hydrogen-bond acceptors (Lipinski definition) is 5. The van der Waals surface area contributed by atoms with Gasteiger partial charge in [-0.3, -0.25) is 0 Å². The second-order valence-corrected chi connectivity index (χ2v) is 8.16. The average molecular weight is 305 g/mol. The van der Waals surface area contributed by atoms with E-state index < -0.39 is 0 Å². The molecule has 0 amide bonds. The molecule has 4 nitrogen and oxygen atoms in total. The first-order valence-electron chi connectivity index (χ1n) is 8.48. The lowest BCUT2D eigenvalue weighted by molar-refractivity contribution is 0.0305. The predicted molar refractivity (Wildman–Crippen MR) is 84.1 cm³/mol. The van der Waals surface area contributed by atoms with Crippen LogP contribution in [0.15, 0.2) is 0 Å². The van der Waals surface area contributed by atoms with Crippen molar-refractivity contribution in [2.75, 3.05) is 18.0 Å². The number of fused-ring (bicyclic) bond motifs is 2. The van der Waals surface area contributed by atoms with Gasteiger partial charge in [0.1, 0.15) is 0 Å². The highest BCUT2D eigenvalue weighted by atomic mass is 32.1.